The molecule has 0 radical (unpaired) electrons. The Labute approximate surface area is 97.7 Å². The molecule has 0 amide bonds. The fourth-order valence-corrected chi connectivity index (χ4v) is 2.32. The van der Waals surface area contributed by atoms with Gasteiger partial charge in [0, 0.05) is 25.3 Å². The Morgan fingerprint density at radius 1 is 1.31 bits per heavy atom. The van der Waals surface area contributed by atoms with E-state index in [0.717, 1.165) is 36.4 Å². The molecule has 16 heavy (non-hydrogen) atoms. The van der Waals surface area contributed by atoms with Crippen molar-refractivity contribution in [1.29, 1.82) is 0 Å². The van der Waals surface area contributed by atoms with Gasteiger partial charge < -0.3 is 10.6 Å². The van der Waals surface area contributed by atoms with Gasteiger partial charge in [0.2, 0.25) is 0 Å². The summed E-state index contributed by atoms with van der Waals surface area (Å²) in [6, 6.07) is 4.18. The second-order valence-electron chi connectivity index (χ2n) is 5.04. The topological polar surface area (TPSA) is 42.1 Å². The predicted octanol–water partition coefficient (Wildman–Crippen LogP) is 1.94. The van der Waals surface area contributed by atoms with Crippen molar-refractivity contribution in [1.82, 2.24) is 4.98 Å². The smallest absolute Gasteiger partial charge is 0.129 e. The van der Waals surface area contributed by atoms with Gasteiger partial charge in [-0.2, -0.15) is 0 Å². The Morgan fingerprint density at radius 2 is 1.94 bits per heavy atom. The van der Waals surface area contributed by atoms with E-state index < -0.39 is 0 Å². The quantitative estimate of drug-likeness (QED) is 0.826. The molecule has 1 fully saturated rings. The van der Waals surface area contributed by atoms with Gasteiger partial charge in [0.1, 0.15) is 5.82 Å². The minimum Gasteiger partial charge on any atom is -0.356 e. The Morgan fingerprint density at radius 3 is 2.50 bits per heavy atom. The molecule has 0 saturated carbocycles. The van der Waals surface area contributed by atoms with Crippen molar-refractivity contribution < 1.29 is 0 Å². The molecule has 2 heterocycles. The molecule has 2 N–H and O–H groups in total. The maximum absolute atomic E-state index is 5.69. The molecule has 0 spiro atoms. The van der Waals surface area contributed by atoms with Crippen LogP contribution in [0.1, 0.15) is 25.1 Å². The molecule has 1 saturated heterocycles. The molecule has 1 aliphatic rings. The van der Waals surface area contributed by atoms with Crippen LogP contribution in [0.3, 0.4) is 0 Å². The van der Waals surface area contributed by atoms with E-state index in [-0.39, 0.29) is 0 Å². The van der Waals surface area contributed by atoms with Gasteiger partial charge in [-0.15, -0.1) is 0 Å². The summed E-state index contributed by atoms with van der Waals surface area (Å²) < 4.78 is 0. The van der Waals surface area contributed by atoms with Gasteiger partial charge in [-0.25, -0.2) is 4.98 Å². The number of aromatic nitrogens is 1. The van der Waals surface area contributed by atoms with E-state index in [0.29, 0.717) is 6.54 Å². The van der Waals surface area contributed by atoms with Crippen LogP contribution in [-0.2, 0) is 6.54 Å². The van der Waals surface area contributed by atoms with Crippen molar-refractivity contribution in [3.63, 3.8) is 0 Å². The van der Waals surface area contributed by atoms with E-state index in [1.165, 1.54) is 5.56 Å². The highest BCUT2D eigenvalue weighted by molar-refractivity contribution is 5.43. The second-order valence-corrected chi connectivity index (χ2v) is 5.04. The highest BCUT2D eigenvalue weighted by Crippen LogP contribution is 2.27. The third-order valence-corrected chi connectivity index (χ3v) is 3.55. The molecule has 3 heteroatoms. The summed E-state index contributed by atoms with van der Waals surface area (Å²) in [5.74, 6) is 2.60. The van der Waals surface area contributed by atoms with Crippen LogP contribution in [-0.4, -0.2) is 18.1 Å². The first kappa shape index (κ1) is 11.4. The summed E-state index contributed by atoms with van der Waals surface area (Å²) in [6.45, 7) is 9.47. The number of hydrogen-bond acceptors (Lipinski definition) is 3. The first-order valence-electron chi connectivity index (χ1n) is 6.02. The fourth-order valence-electron chi connectivity index (χ4n) is 2.32. The maximum atomic E-state index is 5.69. The van der Waals surface area contributed by atoms with Crippen LogP contribution in [0.15, 0.2) is 12.1 Å². The lowest BCUT2D eigenvalue weighted by atomic mass is 10.0. The molecular formula is C13H21N3. The minimum atomic E-state index is 0.593. The third kappa shape index (κ3) is 2.19. The molecule has 88 valence electrons. The lowest BCUT2D eigenvalue weighted by Gasteiger charge is -2.18. The normalized spacial score (nSPS) is 25.1. The monoisotopic (exact) mass is 219 g/mol. The van der Waals surface area contributed by atoms with Crippen LogP contribution >= 0.6 is 0 Å². The van der Waals surface area contributed by atoms with Gasteiger partial charge in [0.25, 0.3) is 0 Å². The number of pyridine rings is 1. The van der Waals surface area contributed by atoms with Crippen molar-refractivity contribution in [2.75, 3.05) is 18.0 Å². The second kappa shape index (κ2) is 4.42. The molecule has 1 aromatic rings. The van der Waals surface area contributed by atoms with Crippen LogP contribution in [0.5, 0.6) is 0 Å². The number of nitrogens with zero attached hydrogens (tertiary/aromatic N) is 2. The SMILES string of the molecule is Cc1cc(CN)cc(N2CC(C)C(C)C2)n1. The molecule has 0 bridgehead atoms. The molecule has 1 aromatic heterocycles. The van der Waals surface area contributed by atoms with Crippen molar-refractivity contribution in [2.24, 2.45) is 17.6 Å². The van der Waals surface area contributed by atoms with E-state index in [4.69, 9.17) is 5.73 Å². The molecule has 2 rings (SSSR count). The predicted molar refractivity (Wildman–Crippen MR) is 67.4 cm³/mol. The number of anilines is 1. The number of hydrogen-bond donors (Lipinski definition) is 1. The van der Waals surface area contributed by atoms with Crippen LogP contribution in [0.25, 0.3) is 0 Å². The zero-order valence-electron chi connectivity index (χ0n) is 10.4. The zero-order chi connectivity index (χ0) is 11.7. The van der Waals surface area contributed by atoms with E-state index in [2.05, 4.69) is 35.9 Å². The van der Waals surface area contributed by atoms with E-state index in [1.54, 1.807) is 0 Å². The van der Waals surface area contributed by atoms with Gasteiger partial charge in [0.15, 0.2) is 0 Å². The summed E-state index contributed by atoms with van der Waals surface area (Å²) in [5, 5.41) is 0. The fraction of sp³-hybridized carbons (Fsp3) is 0.615. The molecule has 2 unspecified atom stereocenters. The number of nitrogens with two attached hydrogens (primary N) is 1. The van der Waals surface area contributed by atoms with Crippen molar-refractivity contribution in [2.45, 2.75) is 27.3 Å². The van der Waals surface area contributed by atoms with E-state index in [1.807, 2.05) is 6.92 Å². The first-order valence-corrected chi connectivity index (χ1v) is 6.02. The lowest BCUT2D eigenvalue weighted by Crippen LogP contribution is -2.21. The largest absolute Gasteiger partial charge is 0.356 e. The van der Waals surface area contributed by atoms with Crippen molar-refractivity contribution in [3.05, 3.63) is 23.4 Å². The first-order chi connectivity index (χ1) is 7.60. The van der Waals surface area contributed by atoms with Gasteiger partial charge >= 0.3 is 0 Å². The Kier molecular flexibility index (Phi) is 3.15. The molecule has 1 aliphatic heterocycles. The standard InChI is InChI=1S/C13H21N3/c1-9-7-16(8-10(9)2)13-5-12(6-14)4-11(3)15-13/h4-5,9-10H,6-8,14H2,1-3H3. The number of aryl methyl sites for hydroxylation is 1. The van der Waals surface area contributed by atoms with Gasteiger partial charge in [-0.1, -0.05) is 13.8 Å². The van der Waals surface area contributed by atoms with Gasteiger partial charge in [-0.05, 0) is 36.5 Å². The van der Waals surface area contributed by atoms with Crippen molar-refractivity contribution in [3.8, 4) is 0 Å². The average molecular weight is 219 g/mol. The third-order valence-electron chi connectivity index (χ3n) is 3.55. The zero-order valence-corrected chi connectivity index (χ0v) is 10.4. The molecule has 0 aromatic carbocycles. The summed E-state index contributed by atoms with van der Waals surface area (Å²) in [7, 11) is 0. The maximum Gasteiger partial charge on any atom is 0.129 e. The Balaban J connectivity index is 2.24. The minimum absolute atomic E-state index is 0.593. The van der Waals surface area contributed by atoms with Crippen molar-refractivity contribution >= 4 is 5.82 Å². The summed E-state index contributed by atoms with van der Waals surface area (Å²) in [5.41, 5.74) is 7.93. The van der Waals surface area contributed by atoms with E-state index >= 15 is 0 Å². The lowest BCUT2D eigenvalue weighted by molar-refractivity contribution is 0.494. The Bertz CT molecular complexity index is 365. The summed E-state index contributed by atoms with van der Waals surface area (Å²) >= 11 is 0. The summed E-state index contributed by atoms with van der Waals surface area (Å²) in [4.78, 5) is 6.98. The van der Waals surface area contributed by atoms with Crippen LogP contribution < -0.4 is 10.6 Å². The van der Waals surface area contributed by atoms with E-state index in [9.17, 15) is 0 Å². The molecule has 0 aliphatic carbocycles. The molecular weight excluding hydrogens is 198 g/mol. The highest BCUT2D eigenvalue weighted by Gasteiger charge is 2.26. The van der Waals surface area contributed by atoms with Crippen LogP contribution in [0.2, 0.25) is 0 Å². The van der Waals surface area contributed by atoms with Gasteiger partial charge in [0.05, 0.1) is 0 Å². The molecule has 2 atom stereocenters. The number of rotatable bonds is 2. The Hall–Kier alpha value is -1.09. The molecule has 3 nitrogen and oxygen atoms in total. The van der Waals surface area contributed by atoms with Crippen LogP contribution in [0, 0.1) is 18.8 Å². The van der Waals surface area contributed by atoms with Crippen LogP contribution in [0.4, 0.5) is 5.82 Å². The average Bonchev–Trinajstić information content (AvgIpc) is 2.58. The highest BCUT2D eigenvalue weighted by atomic mass is 15.2. The van der Waals surface area contributed by atoms with Gasteiger partial charge in [-0.3, -0.25) is 0 Å². The summed E-state index contributed by atoms with van der Waals surface area (Å²) in [6.07, 6.45) is 0.